The first-order valence-corrected chi connectivity index (χ1v) is 13.1. The molecule has 0 aliphatic heterocycles. The van der Waals surface area contributed by atoms with Crippen LogP contribution in [0.3, 0.4) is 0 Å². The summed E-state index contributed by atoms with van der Waals surface area (Å²) < 4.78 is 0. The fourth-order valence-electron chi connectivity index (χ4n) is 2.46. The first-order chi connectivity index (χ1) is 15.3. The molecule has 3 rings (SSSR count). The van der Waals surface area contributed by atoms with E-state index in [4.69, 9.17) is 10.8 Å². The third-order valence-electron chi connectivity index (χ3n) is 4.02. The molecule has 0 saturated carbocycles. The van der Waals surface area contributed by atoms with E-state index in [9.17, 15) is 10.1 Å². The number of aliphatic hydroxyl groups excluding tert-OH is 1. The molecule has 3 N–H and O–H groups in total. The summed E-state index contributed by atoms with van der Waals surface area (Å²) >= 11 is 4.43. The molecule has 0 aliphatic carbocycles. The Bertz CT molecular complexity index is 978. The van der Waals surface area contributed by atoms with E-state index < -0.39 is 0 Å². The second-order valence-corrected chi connectivity index (χ2v) is 11.4. The van der Waals surface area contributed by atoms with Gasteiger partial charge in [0, 0.05) is 18.4 Å². The lowest BCUT2D eigenvalue weighted by molar-refractivity contribution is -0.381. The second-order valence-electron chi connectivity index (χ2n) is 7.92. The molecule has 3 aromatic heterocycles. The molecule has 0 spiro atoms. The minimum Gasteiger partial charge on any atom is -0.400 e. The van der Waals surface area contributed by atoms with Crippen LogP contribution in [0, 0.1) is 30.9 Å². The molecular formula is C22H37N5O3S3. The van der Waals surface area contributed by atoms with Gasteiger partial charge < -0.3 is 10.8 Å². The molecule has 33 heavy (non-hydrogen) atoms. The summed E-state index contributed by atoms with van der Waals surface area (Å²) in [5.74, 6) is 1.15. The number of anilines is 1. The Morgan fingerprint density at radius 1 is 0.848 bits per heavy atom. The van der Waals surface area contributed by atoms with Crippen LogP contribution in [-0.4, -0.2) is 32.1 Å². The number of nitrogens with zero attached hydrogens (tertiary/aromatic N) is 4. The molecule has 0 saturated heterocycles. The van der Waals surface area contributed by atoms with Gasteiger partial charge in [0.2, 0.25) is 0 Å². The summed E-state index contributed by atoms with van der Waals surface area (Å²) in [7, 11) is 1.00. The van der Waals surface area contributed by atoms with Gasteiger partial charge >= 0.3 is 5.00 Å². The van der Waals surface area contributed by atoms with Gasteiger partial charge in [0.15, 0.2) is 0 Å². The quantitative estimate of drug-likeness (QED) is 0.288. The van der Waals surface area contributed by atoms with Crippen LogP contribution < -0.4 is 5.73 Å². The van der Waals surface area contributed by atoms with Crippen LogP contribution in [0.4, 0.5) is 10.0 Å². The SMILES string of the molecule is CO.Cc1nc(C(C)C)c(N)s1.Cc1nc(C(C)C)c([N+](=O)[O-])s1.Cc1nc(C(C)C)cs1. The first-order valence-electron chi connectivity index (χ1n) is 10.5. The fraction of sp³-hybridized carbons (Fsp3) is 0.591. The molecule has 11 heteroatoms. The molecule has 0 unspecified atom stereocenters. The lowest BCUT2D eigenvalue weighted by Crippen LogP contribution is -1.94. The monoisotopic (exact) mass is 515 g/mol. The standard InChI is InChI=1S/C7H10N2O2S.C7H12N2S.C7H11NS.CH4O/c1-4(2)6-7(9(10)11)12-5(3)8-6;1-4(2)6-7(8)10-5(3)9-6;1-5(2)7-4-9-6(3)8-7;1-2/h4H,1-3H3;4H,8H2,1-3H3;4-5H,1-3H3;2H,1H3. The van der Waals surface area contributed by atoms with Crippen LogP contribution in [0.5, 0.6) is 0 Å². The Morgan fingerprint density at radius 3 is 1.58 bits per heavy atom. The number of aromatic nitrogens is 3. The minimum atomic E-state index is -0.361. The Kier molecular flexibility index (Phi) is 14.2. The molecule has 0 aromatic carbocycles. The smallest absolute Gasteiger partial charge is 0.347 e. The van der Waals surface area contributed by atoms with Crippen molar-refractivity contribution in [1.29, 1.82) is 0 Å². The maximum Gasteiger partial charge on any atom is 0.347 e. The third-order valence-corrected chi connectivity index (χ3v) is 6.56. The summed E-state index contributed by atoms with van der Waals surface area (Å²) in [6.45, 7) is 18.1. The molecule has 0 bridgehead atoms. The summed E-state index contributed by atoms with van der Waals surface area (Å²) in [4.78, 5) is 22.9. The highest BCUT2D eigenvalue weighted by Gasteiger charge is 2.21. The van der Waals surface area contributed by atoms with Crippen LogP contribution >= 0.6 is 34.0 Å². The molecule has 0 amide bonds. The van der Waals surface area contributed by atoms with Crippen LogP contribution in [0.2, 0.25) is 0 Å². The van der Waals surface area contributed by atoms with Crippen LogP contribution in [0.1, 0.15) is 91.4 Å². The zero-order valence-electron chi connectivity index (χ0n) is 21.2. The van der Waals surface area contributed by atoms with Crippen LogP contribution in [0.25, 0.3) is 0 Å². The lowest BCUT2D eigenvalue weighted by atomic mass is 10.1. The van der Waals surface area contributed by atoms with Crippen molar-refractivity contribution in [3.8, 4) is 0 Å². The summed E-state index contributed by atoms with van der Waals surface area (Å²) in [6, 6.07) is 0. The highest BCUT2D eigenvalue weighted by Crippen LogP contribution is 2.31. The van der Waals surface area contributed by atoms with Crippen molar-refractivity contribution in [1.82, 2.24) is 15.0 Å². The average Bonchev–Trinajstić information content (AvgIpc) is 3.42. The zero-order valence-corrected chi connectivity index (χ0v) is 23.6. The largest absolute Gasteiger partial charge is 0.400 e. The molecule has 8 nitrogen and oxygen atoms in total. The summed E-state index contributed by atoms with van der Waals surface area (Å²) in [6.07, 6.45) is 0. The van der Waals surface area contributed by atoms with Gasteiger partial charge in [-0.15, -0.1) is 22.7 Å². The van der Waals surface area contributed by atoms with E-state index in [1.54, 1.807) is 29.6 Å². The molecular weight excluding hydrogens is 478 g/mol. The van der Waals surface area contributed by atoms with Crippen molar-refractivity contribution in [2.75, 3.05) is 12.8 Å². The number of nitrogen functional groups attached to an aromatic ring is 1. The lowest BCUT2D eigenvalue weighted by Gasteiger charge is -1.98. The zero-order chi connectivity index (χ0) is 25.9. The Hall–Kier alpha value is -1.95. The number of nitrogens with two attached hydrogens (primary N) is 1. The highest BCUT2D eigenvalue weighted by molar-refractivity contribution is 7.15. The van der Waals surface area contributed by atoms with Gasteiger partial charge in [-0.25, -0.2) is 15.0 Å². The summed E-state index contributed by atoms with van der Waals surface area (Å²) in [5.41, 5.74) is 8.56. The number of thiazole rings is 3. The number of hydrogen-bond acceptors (Lipinski definition) is 10. The van der Waals surface area contributed by atoms with E-state index in [0.29, 0.717) is 17.5 Å². The van der Waals surface area contributed by atoms with E-state index in [-0.39, 0.29) is 15.8 Å². The van der Waals surface area contributed by atoms with Gasteiger partial charge in [0.05, 0.1) is 31.3 Å². The molecule has 186 valence electrons. The molecule has 0 radical (unpaired) electrons. The van der Waals surface area contributed by atoms with Gasteiger partial charge in [-0.2, -0.15) is 0 Å². The van der Waals surface area contributed by atoms with E-state index in [0.717, 1.165) is 39.2 Å². The van der Waals surface area contributed by atoms with Crippen molar-refractivity contribution in [3.63, 3.8) is 0 Å². The number of nitro groups is 1. The van der Waals surface area contributed by atoms with Gasteiger partial charge in [-0.05, 0) is 43.9 Å². The van der Waals surface area contributed by atoms with E-state index in [1.165, 1.54) is 10.7 Å². The number of hydrogen-bond donors (Lipinski definition) is 2. The number of rotatable bonds is 4. The third kappa shape index (κ3) is 10.7. The average molecular weight is 516 g/mol. The van der Waals surface area contributed by atoms with Crippen molar-refractivity contribution < 1.29 is 10.0 Å². The molecule has 3 heterocycles. The highest BCUT2D eigenvalue weighted by atomic mass is 32.1. The van der Waals surface area contributed by atoms with Gasteiger partial charge in [0.25, 0.3) is 0 Å². The minimum absolute atomic E-state index is 0.121. The van der Waals surface area contributed by atoms with Gasteiger partial charge in [-0.3, -0.25) is 10.1 Å². The van der Waals surface area contributed by atoms with Gasteiger partial charge in [-0.1, -0.05) is 41.5 Å². The maximum absolute atomic E-state index is 10.5. The van der Waals surface area contributed by atoms with Crippen molar-refractivity contribution in [2.24, 2.45) is 0 Å². The van der Waals surface area contributed by atoms with Crippen molar-refractivity contribution in [3.05, 3.63) is 47.6 Å². The van der Waals surface area contributed by atoms with Crippen LogP contribution in [-0.2, 0) is 0 Å². The Morgan fingerprint density at radius 2 is 1.33 bits per heavy atom. The second kappa shape index (κ2) is 15.0. The summed E-state index contributed by atoms with van der Waals surface area (Å²) in [5, 5.41) is 23.7. The van der Waals surface area contributed by atoms with Crippen molar-refractivity contribution >= 4 is 44.0 Å². The van der Waals surface area contributed by atoms with E-state index >= 15 is 0 Å². The number of aryl methyl sites for hydroxylation is 3. The molecule has 0 aliphatic rings. The predicted octanol–water partition coefficient (Wildman–Crippen LogP) is 6.82. The fourth-order valence-corrected chi connectivity index (χ4v) is 4.96. The van der Waals surface area contributed by atoms with Gasteiger partial charge in [0.1, 0.15) is 10.7 Å². The normalized spacial score (nSPS) is 10.2. The predicted molar refractivity (Wildman–Crippen MR) is 142 cm³/mol. The Balaban J connectivity index is 0.000000452. The van der Waals surface area contributed by atoms with E-state index in [1.807, 2.05) is 27.7 Å². The van der Waals surface area contributed by atoms with Crippen LogP contribution in [0.15, 0.2) is 5.38 Å². The molecule has 3 aromatic rings. The van der Waals surface area contributed by atoms with E-state index in [2.05, 4.69) is 48.0 Å². The molecule has 0 atom stereocenters. The first kappa shape index (κ1) is 31.0. The molecule has 0 fully saturated rings. The van der Waals surface area contributed by atoms with Crippen molar-refractivity contribution in [2.45, 2.75) is 80.1 Å². The maximum atomic E-state index is 10.5. The number of aliphatic hydroxyl groups is 1. The Labute approximate surface area is 209 Å². The topological polar surface area (TPSA) is 128 Å².